The van der Waals surface area contributed by atoms with E-state index in [9.17, 15) is 14.4 Å². The minimum Gasteiger partial charge on any atom is -0.493 e. The maximum atomic E-state index is 12.6. The number of nitrogens with one attached hydrogen (secondary N) is 4. The van der Waals surface area contributed by atoms with E-state index in [1.165, 1.54) is 39.7 Å². The van der Waals surface area contributed by atoms with Crippen LogP contribution in [0.2, 0.25) is 5.02 Å². The minimum atomic E-state index is -0.557. The van der Waals surface area contributed by atoms with Crippen molar-refractivity contribution in [3.05, 3.63) is 64.7 Å². The number of carbonyl (C=O) groups is 3. The van der Waals surface area contributed by atoms with Gasteiger partial charge in [0.25, 0.3) is 17.7 Å². The normalized spacial score (nSPS) is 10.2. The molecular formula is C21H20ClN5O5. The van der Waals surface area contributed by atoms with Crippen LogP contribution < -0.4 is 25.4 Å². The lowest BCUT2D eigenvalue weighted by Gasteiger charge is -2.12. The summed E-state index contributed by atoms with van der Waals surface area (Å²) in [4.78, 5) is 43.4. The van der Waals surface area contributed by atoms with Gasteiger partial charge in [0.15, 0.2) is 17.2 Å². The molecule has 3 rings (SSSR count). The van der Waals surface area contributed by atoms with Crippen molar-refractivity contribution in [2.24, 2.45) is 0 Å². The van der Waals surface area contributed by atoms with Gasteiger partial charge in [0.2, 0.25) is 0 Å². The summed E-state index contributed by atoms with van der Waals surface area (Å²) in [5, 5.41) is 8.00. The van der Waals surface area contributed by atoms with Crippen molar-refractivity contribution >= 4 is 40.7 Å². The quantitative estimate of drug-likeness (QED) is 0.431. The van der Waals surface area contributed by atoms with Gasteiger partial charge in [-0.25, -0.2) is 4.98 Å². The van der Waals surface area contributed by atoms with Crippen molar-refractivity contribution < 1.29 is 23.9 Å². The molecule has 2 aromatic carbocycles. The van der Waals surface area contributed by atoms with E-state index in [4.69, 9.17) is 21.1 Å². The van der Waals surface area contributed by atoms with Gasteiger partial charge < -0.3 is 30.4 Å². The lowest BCUT2D eigenvalue weighted by Crippen LogP contribution is -2.23. The number of aromatic amines is 1. The number of H-pyrrole nitrogens is 1. The van der Waals surface area contributed by atoms with Gasteiger partial charge >= 0.3 is 0 Å². The number of aromatic nitrogens is 2. The Bertz CT molecular complexity index is 1160. The summed E-state index contributed by atoms with van der Waals surface area (Å²) in [6.45, 7) is 0. The van der Waals surface area contributed by atoms with Crippen molar-refractivity contribution in [1.82, 2.24) is 15.3 Å². The molecule has 0 aliphatic carbocycles. The predicted octanol–water partition coefficient (Wildman–Crippen LogP) is 2.94. The summed E-state index contributed by atoms with van der Waals surface area (Å²) in [5.41, 5.74) is 1.15. The molecule has 0 spiro atoms. The average Bonchev–Trinajstić information content (AvgIpc) is 3.29. The number of imidazole rings is 1. The van der Waals surface area contributed by atoms with E-state index in [1.54, 1.807) is 24.3 Å². The highest BCUT2D eigenvalue weighted by Gasteiger charge is 2.20. The maximum absolute atomic E-state index is 12.6. The van der Waals surface area contributed by atoms with Crippen LogP contribution in [-0.4, -0.2) is 49.0 Å². The van der Waals surface area contributed by atoms with E-state index in [0.717, 1.165) is 0 Å². The first kappa shape index (κ1) is 22.6. The predicted molar refractivity (Wildman–Crippen MR) is 119 cm³/mol. The van der Waals surface area contributed by atoms with Crippen LogP contribution in [-0.2, 0) is 0 Å². The second kappa shape index (κ2) is 9.84. The Hall–Kier alpha value is -4.05. The summed E-state index contributed by atoms with van der Waals surface area (Å²) < 4.78 is 10.4. The smallest absolute Gasteiger partial charge is 0.276 e. The molecule has 3 aromatic rings. The molecule has 0 aliphatic rings. The lowest BCUT2D eigenvalue weighted by atomic mass is 10.1. The molecule has 4 N–H and O–H groups in total. The van der Waals surface area contributed by atoms with Gasteiger partial charge in [0.05, 0.1) is 31.1 Å². The number of ether oxygens (including phenoxy) is 2. The zero-order valence-electron chi connectivity index (χ0n) is 17.4. The second-order valence-corrected chi connectivity index (χ2v) is 6.79. The summed E-state index contributed by atoms with van der Waals surface area (Å²) in [5.74, 6) is -0.682. The zero-order valence-corrected chi connectivity index (χ0v) is 18.2. The highest BCUT2D eigenvalue weighted by molar-refractivity contribution is 6.34. The van der Waals surface area contributed by atoms with Gasteiger partial charge in [0.1, 0.15) is 5.69 Å². The van der Waals surface area contributed by atoms with E-state index in [1.807, 2.05) is 0 Å². The topological polar surface area (TPSA) is 134 Å². The van der Waals surface area contributed by atoms with Crippen LogP contribution in [0.5, 0.6) is 11.5 Å². The Morgan fingerprint density at radius 1 is 0.906 bits per heavy atom. The molecule has 0 aliphatic heterocycles. The minimum absolute atomic E-state index is 0.0372. The number of nitrogens with zero attached hydrogens (tertiary/aromatic N) is 1. The highest BCUT2D eigenvalue weighted by atomic mass is 35.5. The number of hydrogen-bond acceptors (Lipinski definition) is 6. The molecule has 0 saturated heterocycles. The monoisotopic (exact) mass is 457 g/mol. The van der Waals surface area contributed by atoms with E-state index in [0.29, 0.717) is 22.9 Å². The fourth-order valence-electron chi connectivity index (χ4n) is 2.82. The van der Waals surface area contributed by atoms with Gasteiger partial charge in [0, 0.05) is 24.5 Å². The molecule has 11 heteroatoms. The van der Waals surface area contributed by atoms with Gasteiger partial charge in [-0.1, -0.05) is 11.6 Å². The van der Waals surface area contributed by atoms with Gasteiger partial charge in [-0.3, -0.25) is 14.4 Å². The first-order chi connectivity index (χ1) is 15.4. The molecule has 1 aromatic heterocycles. The van der Waals surface area contributed by atoms with E-state index >= 15 is 0 Å². The number of carbonyl (C=O) groups excluding carboxylic acids is 3. The highest BCUT2D eigenvalue weighted by Crippen LogP contribution is 2.33. The standard InChI is InChI=1S/C21H20ClN5O5/c1-23-20(29)17-18(25-10-24-17)21(30)27-12-6-4-11(5-7-12)26-19(28)13-8-15(31-2)16(32-3)9-14(13)22/h4-10H,1-3H3,(H,23,29)(H,24,25)(H,26,28)(H,27,30). The van der Waals surface area contributed by atoms with Crippen molar-refractivity contribution in [2.45, 2.75) is 0 Å². The Kier molecular flexibility index (Phi) is 6.96. The fraction of sp³-hybridized carbons (Fsp3) is 0.143. The van der Waals surface area contributed by atoms with Crippen LogP contribution in [0.15, 0.2) is 42.7 Å². The molecule has 10 nitrogen and oxygen atoms in total. The number of halogens is 1. The first-order valence-corrected chi connectivity index (χ1v) is 9.65. The van der Waals surface area contributed by atoms with Crippen molar-refractivity contribution in [2.75, 3.05) is 31.9 Å². The van der Waals surface area contributed by atoms with Gasteiger partial charge in [-0.05, 0) is 30.3 Å². The third kappa shape index (κ3) is 4.81. The number of amides is 3. The molecule has 166 valence electrons. The summed E-state index contributed by atoms with van der Waals surface area (Å²) in [6.07, 6.45) is 1.26. The fourth-order valence-corrected chi connectivity index (χ4v) is 3.06. The van der Waals surface area contributed by atoms with E-state index in [2.05, 4.69) is 25.9 Å². The third-order valence-electron chi connectivity index (χ3n) is 4.43. The van der Waals surface area contributed by atoms with Crippen molar-refractivity contribution in [3.63, 3.8) is 0 Å². The number of rotatable bonds is 7. The molecule has 0 radical (unpaired) electrons. The van der Waals surface area contributed by atoms with Gasteiger partial charge in [-0.15, -0.1) is 0 Å². The largest absolute Gasteiger partial charge is 0.493 e. The van der Waals surface area contributed by atoms with E-state index in [-0.39, 0.29) is 22.0 Å². The van der Waals surface area contributed by atoms with Crippen molar-refractivity contribution in [1.29, 1.82) is 0 Å². The molecule has 0 bridgehead atoms. The molecule has 32 heavy (non-hydrogen) atoms. The van der Waals surface area contributed by atoms with Crippen LogP contribution in [0.4, 0.5) is 11.4 Å². The average molecular weight is 458 g/mol. The second-order valence-electron chi connectivity index (χ2n) is 6.38. The molecule has 0 unspecified atom stereocenters. The molecule has 0 saturated carbocycles. The van der Waals surface area contributed by atoms with Gasteiger partial charge in [-0.2, -0.15) is 0 Å². The Morgan fingerprint density at radius 3 is 2.03 bits per heavy atom. The van der Waals surface area contributed by atoms with Crippen LogP contribution in [0, 0.1) is 0 Å². The van der Waals surface area contributed by atoms with Crippen LogP contribution in [0.25, 0.3) is 0 Å². The van der Waals surface area contributed by atoms with Crippen molar-refractivity contribution in [3.8, 4) is 11.5 Å². The third-order valence-corrected chi connectivity index (χ3v) is 4.74. The number of hydrogen-bond donors (Lipinski definition) is 4. The Balaban J connectivity index is 1.70. The lowest BCUT2D eigenvalue weighted by molar-refractivity contribution is 0.0943. The van der Waals surface area contributed by atoms with Crippen LogP contribution >= 0.6 is 11.6 Å². The Labute approximate surface area is 188 Å². The van der Waals surface area contributed by atoms with E-state index < -0.39 is 17.7 Å². The summed E-state index contributed by atoms with van der Waals surface area (Å²) >= 11 is 6.19. The maximum Gasteiger partial charge on any atom is 0.276 e. The number of anilines is 2. The summed E-state index contributed by atoms with van der Waals surface area (Å²) in [7, 11) is 4.38. The van der Waals surface area contributed by atoms with Crippen LogP contribution in [0.1, 0.15) is 31.3 Å². The molecule has 0 atom stereocenters. The number of methoxy groups -OCH3 is 2. The first-order valence-electron chi connectivity index (χ1n) is 9.27. The summed E-state index contributed by atoms with van der Waals surface area (Å²) in [6, 6.07) is 9.37. The Morgan fingerprint density at radius 2 is 1.47 bits per heavy atom. The SMILES string of the molecule is CNC(=O)c1[nH]cnc1C(=O)Nc1ccc(NC(=O)c2cc(OC)c(OC)cc2Cl)cc1. The zero-order chi connectivity index (χ0) is 23.3. The molecular weight excluding hydrogens is 438 g/mol. The van der Waals surface area contributed by atoms with Crippen LogP contribution in [0.3, 0.4) is 0 Å². The molecule has 0 fully saturated rings. The molecule has 1 heterocycles. The molecule has 3 amide bonds. The number of benzene rings is 2.